The van der Waals surface area contributed by atoms with Crippen molar-refractivity contribution in [1.29, 1.82) is 0 Å². The molecule has 1 saturated heterocycles. The summed E-state index contributed by atoms with van der Waals surface area (Å²) in [4.78, 5) is 2.48. The highest BCUT2D eigenvalue weighted by molar-refractivity contribution is 6.30. The second kappa shape index (κ2) is 7.31. The third-order valence-corrected chi connectivity index (χ3v) is 5.50. The van der Waals surface area contributed by atoms with Crippen molar-refractivity contribution >= 4 is 11.6 Å². The molecule has 1 aliphatic heterocycles. The van der Waals surface area contributed by atoms with Crippen molar-refractivity contribution in [3.63, 3.8) is 0 Å². The molecule has 0 amide bonds. The third-order valence-electron chi connectivity index (χ3n) is 5.27. The highest BCUT2D eigenvalue weighted by Crippen LogP contribution is 2.41. The van der Waals surface area contributed by atoms with Crippen molar-refractivity contribution in [2.24, 2.45) is 0 Å². The minimum Gasteiger partial charge on any atom is -0.389 e. The van der Waals surface area contributed by atoms with E-state index < -0.39 is 5.60 Å². The standard InChI is InChI=1S/C18H27ClN2O/c19-16-6-4-5-15(13-16)17(14-21-11-9-20-10-12-21)18(22)7-2-1-3-8-18/h4-6,13,17,20,22H,1-3,7-12,14H2/t17-/m0/s1. The molecular formula is C18H27ClN2O. The molecule has 1 heterocycles. The normalized spacial score (nSPS) is 24.1. The van der Waals surface area contributed by atoms with Gasteiger partial charge in [-0.25, -0.2) is 0 Å². The maximum atomic E-state index is 11.3. The summed E-state index contributed by atoms with van der Waals surface area (Å²) in [6, 6.07) is 8.10. The van der Waals surface area contributed by atoms with Gasteiger partial charge in [0.15, 0.2) is 0 Å². The van der Waals surface area contributed by atoms with Crippen LogP contribution >= 0.6 is 11.6 Å². The topological polar surface area (TPSA) is 35.5 Å². The lowest BCUT2D eigenvalue weighted by molar-refractivity contribution is -0.0316. The van der Waals surface area contributed by atoms with E-state index in [-0.39, 0.29) is 5.92 Å². The van der Waals surface area contributed by atoms with E-state index in [1.165, 1.54) is 12.0 Å². The Bertz CT molecular complexity index is 482. The Morgan fingerprint density at radius 3 is 2.59 bits per heavy atom. The van der Waals surface area contributed by atoms with Gasteiger partial charge in [0.1, 0.15) is 0 Å². The van der Waals surface area contributed by atoms with Crippen molar-refractivity contribution in [2.45, 2.75) is 43.6 Å². The number of hydrogen-bond donors (Lipinski definition) is 2. The molecule has 0 radical (unpaired) electrons. The highest BCUT2D eigenvalue weighted by Gasteiger charge is 2.39. The molecule has 22 heavy (non-hydrogen) atoms. The molecule has 4 heteroatoms. The molecule has 3 rings (SSSR count). The first-order valence-electron chi connectivity index (χ1n) is 8.58. The SMILES string of the molecule is OC1([C@@H](CN2CCNCC2)c2cccc(Cl)c2)CCCCC1. The van der Waals surface area contributed by atoms with Gasteiger partial charge in [-0.1, -0.05) is 43.0 Å². The Hall–Kier alpha value is -0.610. The zero-order valence-electron chi connectivity index (χ0n) is 13.2. The van der Waals surface area contributed by atoms with Crippen LogP contribution in [0.1, 0.15) is 43.6 Å². The Labute approximate surface area is 138 Å². The number of aliphatic hydroxyl groups is 1. The number of nitrogens with zero attached hydrogens (tertiary/aromatic N) is 1. The summed E-state index contributed by atoms with van der Waals surface area (Å²) in [5.74, 6) is 0.157. The van der Waals surface area contributed by atoms with Crippen LogP contribution in [-0.2, 0) is 0 Å². The molecule has 2 aliphatic rings. The van der Waals surface area contributed by atoms with E-state index in [0.717, 1.165) is 63.4 Å². The predicted molar refractivity (Wildman–Crippen MR) is 91.5 cm³/mol. The van der Waals surface area contributed by atoms with E-state index in [0.29, 0.717) is 0 Å². The number of piperazine rings is 1. The molecule has 1 aliphatic carbocycles. The Morgan fingerprint density at radius 2 is 1.91 bits per heavy atom. The van der Waals surface area contributed by atoms with Crippen LogP contribution in [0.25, 0.3) is 0 Å². The van der Waals surface area contributed by atoms with Gasteiger partial charge in [-0.15, -0.1) is 0 Å². The van der Waals surface area contributed by atoms with Crippen LogP contribution in [0, 0.1) is 0 Å². The zero-order chi connectivity index (χ0) is 15.4. The first kappa shape index (κ1) is 16.3. The van der Waals surface area contributed by atoms with Gasteiger partial charge in [-0.2, -0.15) is 0 Å². The van der Waals surface area contributed by atoms with Crippen molar-refractivity contribution < 1.29 is 5.11 Å². The molecule has 0 spiro atoms. The zero-order valence-corrected chi connectivity index (χ0v) is 14.0. The van der Waals surface area contributed by atoms with E-state index in [4.69, 9.17) is 11.6 Å². The van der Waals surface area contributed by atoms with Gasteiger partial charge in [-0.05, 0) is 30.5 Å². The molecule has 1 aromatic carbocycles. The van der Waals surface area contributed by atoms with Crippen LogP contribution in [0.4, 0.5) is 0 Å². The number of halogens is 1. The van der Waals surface area contributed by atoms with Crippen LogP contribution in [-0.4, -0.2) is 48.3 Å². The van der Waals surface area contributed by atoms with Gasteiger partial charge in [0.2, 0.25) is 0 Å². The molecule has 2 fully saturated rings. The highest BCUT2D eigenvalue weighted by atomic mass is 35.5. The molecule has 1 saturated carbocycles. The summed E-state index contributed by atoms with van der Waals surface area (Å²) in [6.07, 6.45) is 5.34. The summed E-state index contributed by atoms with van der Waals surface area (Å²) < 4.78 is 0. The monoisotopic (exact) mass is 322 g/mol. The van der Waals surface area contributed by atoms with E-state index in [2.05, 4.69) is 16.3 Å². The van der Waals surface area contributed by atoms with Crippen LogP contribution < -0.4 is 5.32 Å². The van der Waals surface area contributed by atoms with Crippen molar-refractivity contribution in [3.05, 3.63) is 34.9 Å². The summed E-state index contributed by atoms with van der Waals surface area (Å²) in [5.41, 5.74) is 0.615. The van der Waals surface area contributed by atoms with E-state index in [1.54, 1.807) is 0 Å². The number of benzene rings is 1. The molecule has 1 atom stereocenters. The Kier molecular flexibility index (Phi) is 5.40. The van der Waals surface area contributed by atoms with Crippen molar-refractivity contribution in [1.82, 2.24) is 10.2 Å². The van der Waals surface area contributed by atoms with Crippen molar-refractivity contribution in [3.8, 4) is 0 Å². The largest absolute Gasteiger partial charge is 0.389 e. The number of nitrogens with one attached hydrogen (secondary N) is 1. The lowest BCUT2D eigenvalue weighted by Crippen LogP contribution is -2.49. The summed E-state index contributed by atoms with van der Waals surface area (Å²) >= 11 is 6.21. The molecule has 0 aromatic heterocycles. The Morgan fingerprint density at radius 1 is 1.18 bits per heavy atom. The van der Waals surface area contributed by atoms with Gasteiger partial charge in [0.05, 0.1) is 5.60 Å². The molecule has 0 bridgehead atoms. The van der Waals surface area contributed by atoms with Gasteiger partial charge in [0.25, 0.3) is 0 Å². The number of rotatable bonds is 4. The molecule has 3 nitrogen and oxygen atoms in total. The van der Waals surface area contributed by atoms with Crippen LogP contribution in [0.15, 0.2) is 24.3 Å². The molecule has 1 aromatic rings. The third kappa shape index (κ3) is 3.83. The minimum atomic E-state index is -0.576. The van der Waals surface area contributed by atoms with Crippen LogP contribution in [0.3, 0.4) is 0 Å². The fourth-order valence-corrected chi connectivity index (χ4v) is 4.17. The van der Waals surface area contributed by atoms with Gasteiger partial charge in [0, 0.05) is 43.7 Å². The molecular weight excluding hydrogens is 296 g/mol. The fraction of sp³-hybridized carbons (Fsp3) is 0.667. The lowest BCUT2D eigenvalue weighted by Gasteiger charge is -2.42. The Balaban J connectivity index is 1.83. The minimum absolute atomic E-state index is 0.157. The lowest BCUT2D eigenvalue weighted by atomic mass is 9.72. The van der Waals surface area contributed by atoms with E-state index >= 15 is 0 Å². The van der Waals surface area contributed by atoms with Crippen LogP contribution in [0.2, 0.25) is 5.02 Å². The quantitative estimate of drug-likeness (QED) is 0.894. The predicted octanol–water partition coefficient (Wildman–Crippen LogP) is 3.02. The molecule has 0 unspecified atom stereocenters. The second-order valence-electron chi connectivity index (χ2n) is 6.82. The maximum Gasteiger partial charge on any atom is 0.0728 e. The van der Waals surface area contributed by atoms with E-state index in [1.807, 2.05) is 18.2 Å². The van der Waals surface area contributed by atoms with Crippen LogP contribution in [0.5, 0.6) is 0 Å². The second-order valence-corrected chi connectivity index (χ2v) is 7.26. The summed E-state index contributed by atoms with van der Waals surface area (Å²) in [7, 11) is 0. The molecule has 122 valence electrons. The van der Waals surface area contributed by atoms with Gasteiger partial charge < -0.3 is 15.3 Å². The summed E-state index contributed by atoms with van der Waals surface area (Å²) in [6.45, 7) is 5.14. The first-order valence-corrected chi connectivity index (χ1v) is 8.96. The average Bonchev–Trinajstić information content (AvgIpc) is 2.54. The van der Waals surface area contributed by atoms with Crippen molar-refractivity contribution in [2.75, 3.05) is 32.7 Å². The molecule has 2 N–H and O–H groups in total. The number of hydrogen-bond acceptors (Lipinski definition) is 3. The fourth-order valence-electron chi connectivity index (χ4n) is 3.97. The smallest absolute Gasteiger partial charge is 0.0728 e. The summed E-state index contributed by atoms with van der Waals surface area (Å²) in [5, 5.41) is 15.5. The first-order chi connectivity index (χ1) is 10.7. The average molecular weight is 323 g/mol. The van der Waals surface area contributed by atoms with Gasteiger partial charge in [-0.3, -0.25) is 0 Å². The van der Waals surface area contributed by atoms with Gasteiger partial charge >= 0.3 is 0 Å². The maximum absolute atomic E-state index is 11.3. The van der Waals surface area contributed by atoms with E-state index in [9.17, 15) is 5.11 Å².